The van der Waals surface area contributed by atoms with Crippen molar-refractivity contribution in [3.63, 3.8) is 0 Å². The van der Waals surface area contributed by atoms with Gasteiger partial charge in [-0.05, 0) is 36.3 Å². The molecule has 0 radical (unpaired) electrons. The summed E-state index contributed by atoms with van der Waals surface area (Å²) in [5.41, 5.74) is 2.64. The first-order valence-electron chi connectivity index (χ1n) is 9.29. The van der Waals surface area contributed by atoms with Crippen LogP contribution < -0.4 is 10.6 Å². The molecule has 2 N–H and O–H groups in total. The first-order chi connectivity index (χ1) is 11.9. The molecule has 1 aliphatic heterocycles. The van der Waals surface area contributed by atoms with Crippen LogP contribution in [0.1, 0.15) is 51.7 Å². The van der Waals surface area contributed by atoms with Crippen molar-refractivity contribution in [1.82, 2.24) is 15.5 Å². The monoisotopic (exact) mass is 344 g/mol. The second-order valence-electron chi connectivity index (χ2n) is 7.58. The summed E-state index contributed by atoms with van der Waals surface area (Å²) in [6, 6.07) is 8.59. The minimum Gasteiger partial charge on any atom is -0.357 e. The van der Waals surface area contributed by atoms with E-state index in [-0.39, 0.29) is 11.3 Å². The van der Waals surface area contributed by atoms with E-state index in [1.807, 2.05) is 11.8 Å². The summed E-state index contributed by atoms with van der Waals surface area (Å²) >= 11 is 0. The van der Waals surface area contributed by atoms with Gasteiger partial charge in [0.15, 0.2) is 5.96 Å². The normalized spacial score (nSPS) is 15.4. The van der Waals surface area contributed by atoms with Gasteiger partial charge in [0.25, 0.3) is 0 Å². The van der Waals surface area contributed by atoms with E-state index in [4.69, 9.17) is 0 Å². The van der Waals surface area contributed by atoms with Crippen LogP contribution in [0.5, 0.6) is 0 Å². The Kier molecular flexibility index (Phi) is 6.85. The summed E-state index contributed by atoms with van der Waals surface area (Å²) in [7, 11) is 0. The van der Waals surface area contributed by atoms with Crippen molar-refractivity contribution >= 4 is 11.9 Å². The zero-order chi connectivity index (χ0) is 18.3. The molecule has 1 saturated heterocycles. The van der Waals surface area contributed by atoms with Gasteiger partial charge in [-0.2, -0.15) is 0 Å². The molecule has 0 spiro atoms. The highest BCUT2D eigenvalue weighted by Gasteiger charge is 2.17. The Balaban J connectivity index is 1.91. The Morgan fingerprint density at radius 2 is 1.76 bits per heavy atom. The summed E-state index contributed by atoms with van der Waals surface area (Å²) in [6.45, 7) is 12.1. The smallest absolute Gasteiger partial charge is 0.241 e. The number of likely N-dealkylation sites (tertiary alicyclic amines) is 1. The molecule has 0 saturated carbocycles. The van der Waals surface area contributed by atoms with Crippen LogP contribution in [0.4, 0.5) is 0 Å². The number of guanidine groups is 1. The zero-order valence-electron chi connectivity index (χ0n) is 16.1. The van der Waals surface area contributed by atoms with Crippen molar-refractivity contribution < 1.29 is 4.79 Å². The number of rotatable bonds is 5. The average molecular weight is 345 g/mol. The molecule has 5 nitrogen and oxygen atoms in total. The first-order valence-corrected chi connectivity index (χ1v) is 9.29. The quantitative estimate of drug-likeness (QED) is 0.638. The molecule has 25 heavy (non-hydrogen) atoms. The molecule has 0 aliphatic carbocycles. The van der Waals surface area contributed by atoms with E-state index in [0.717, 1.165) is 38.0 Å². The van der Waals surface area contributed by atoms with Gasteiger partial charge in [0, 0.05) is 19.6 Å². The Morgan fingerprint density at radius 3 is 2.32 bits per heavy atom. The maximum absolute atomic E-state index is 12.1. The average Bonchev–Trinajstić information content (AvgIpc) is 3.11. The van der Waals surface area contributed by atoms with Gasteiger partial charge in [-0.1, -0.05) is 45.0 Å². The Morgan fingerprint density at radius 1 is 1.12 bits per heavy atom. The second kappa shape index (κ2) is 8.88. The van der Waals surface area contributed by atoms with E-state index in [2.05, 4.69) is 60.7 Å². The standard InChI is InChI=1S/C20H32N4O/c1-5-21-19(23-15-18(25)24-12-6-7-13-24)22-14-16-8-10-17(11-9-16)20(2,3)4/h8-11H,5-7,12-15H2,1-4H3,(H2,21,22,23). The summed E-state index contributed by atoms with van der Waals surface area (Å²) < 4.78 is 0. The van der Waals surface area contributed by atoms with E-state index in [0.29, 0.717) is 19.0 Å². The summed E-state index contributed by atoms with van der Waals surface area (Å²) in [5, 5.41) is 6.35. The van der Waals surface area contributed by atoms with Crippen LogP contribution in [-0.2, 0) is 16.8 Å². The highest BCUT2D eigenvalue weighted by Crippen LogP contribution is 2.22. The van der Waals surface area contributed by atoms with Gasteiger partial charge < -0.3 is 15.5 Å². The molecule has 138 valence electrons. The number of benzene rings is 1. The lowest BCUT2D eigenvalue weighted by Crippen LogP contribution is -2.44. The molecule has 2 rings (SSSR count). The molecule has 1 aromatic rings. The fraction of sp³-hybridized carbons (Fsp3) is 0.600. The highest BCUT2D eigenvalue weighted by atomic mass is 16.2. The van der Waals surface area contributed by atoms with E-state index < -0.39 is 0 Å². The van der Waals surface area contributed by atoms with Gasteiger partial charge in [0.1, 0.15) is 0 Å². The van der Waals surface area contributed by atoms with Gasteiger partial charge in [-0.15, -0.1) is 0 Å². The molecule has 1 aromatic carbocycles. The predicted molar refractivity (Wildman–Crippen MR) is 104 cm³/mol. The second-order valence-corrected chi connectivity index (χ2v) is 7.58. The molecule has 0 bridgehead atoms. The van der Waals surface area contributed by atoms with Gasteiger partial charge >= 0.3 is 0 Å². The van der Waals surface area contributed by atoms with Gasteiger partial charge in [0.2, 0.25) is 5.91 Å². The number of nitrogens with zero attached hydrogens (tertiary/aromatic N) is 2. The van der Waals surface area contributed by atoms with Crippen LogP contribution in [0.25, 0.3) is 0 Å². The largest absolute Gasteiger partial charge is 0.357 e. The molecule has 0 atom stereocenters. The minimum atomic E-state index is 0.151. The van der Waals surface area contributed by atoms with Gasteiger partial charge in [0.05, 0.1) is 13.1 Å². The molecule has 1 aliphatic rings. The Bertz CT molecular complexity index is 581. The molecule has 5 heteroatoms. The number of carbonyl (C=O) groups excluding carboxylic acids is 1. The summed E-state index contributed by atoms with van der Waals surface area (Å²) in [4.78, 5) is 18.7. The Hall–Kier alpha value is -2.04. The zero-order valence-corrected chi connectivity index (χ0v) is 16.1. The van der Waals surface area contributed by atoms with Gasteiger partial charge in [-0.3, -0.25) is 4.79 Å². The topological polar surface area (TPSA) is 56.7 Å². The molecular formula is C20H32N4O. The highest BCUT2D eigenvalue weighted by molar-refractivity contribution is 5.86. The number of nitrogens with one attached hydrogen (secondary N) is 2. The van der Waals surface area contributed by atoms with E-state index >= 15 is 0 Å². The molecule has 1 heterocycles. The number of aliphatic imine (C=N–C) groups is 1. The van der Waals surface area contributed by atoms with E-state index in [9.17, 15) is 4.79 Å². The van der Waals surface area contributed by atoms with Crippen LogP contribution in [-0.4, -0.2) is 42.9 Å². The van der Waals surface area contributed by atoms with E-state index in [1.165, 1.54) is 5.56 Å². The maximum atomic E-state index is 12.1. The maximum Gasteiger partial charge on any atom is 0.241 e. The van der Waals surface area contributed by atoms with Gasteiger partial charge in [-0.25, -0.2) is 4.99 Å². The summed E-state index contributed by atoms with van der Waals surface area (Å²) in [6.07, 6.45) is 2.23. The minimum absolute atomic E-state index is 0.151. The van der Waals surface area contributed by atoms with Crippen molar-refractivity contribution in [3.8, 4) is 0 Å². The van der Waals surface area contributed by atoms with Crippen LogP contribution in [0.3, 0.4) is 0 Å². The number of hydrogen-bond donors (Lipinski definition) is 2. The van der Waals surface area contributed by atoms with Crippen molar-refractivity contribution in [2.45, 2.75) is 52.5 Å². The molecular weight excluding hydrogens is 312 g/mol. The fourth-order valence-electron chi connectivity index (χ4n) is 2.86. The molecule has 0 aromatic heterocycles. The number of amides is 1. The SMILES string of the molecule is CCNC(=NCc1ccc(C(C)(C)C)cc1)NCC(=O)N1CCCC1. The fourth-order valence-corrected chi connectivity index (χ4v) is 2.86. The van der Waals surface area contributed by atoms with Crippen molar-refractivity contribution in [1.29, 1.82) is 0 Å². The third-order valence-electron chi connectivity index (χ3n) is 4.45. The summed E-state index contributed by atoms with van der Waals surface area (Å²) in [5.74, 6) is 0.840. The lowest BCUT2D eigenvalue weighted by Gasteiger charge is -2.19. The Labute approximate surface area is 151 Å². The van der Waals surface area contributed by atoms with Crippen LogP contribution in [0.2, 0.25) is 0 Å². The van der Waals surface area contributed by atoms with Crippen LogP contribution in [0, 0.1) is 0 Å². The molecule has 0 unspecified atom stereocenters. The lowest BCUT2D eigenvalue weighted by molar-refractivity contribution is -0.128. The van der Waals surface area contributed by atoms with Crippen molar-refractivity contribution in [2.75, 3.05) is 26.2 Å². The van der Waals surface area contributed by atoms with Crippen LogP contribution >= 0.6 is 0 Å². The van der Waals surface area contributed by atoms with Crippen molar-refractivity contribution in [2.24, 2.45) is 4.99 Å². The third-order valence-corrected chi connectivity index (χ3v) is 4.45. The van der Waals surface area contributed by atoms with Crippen LogP contribution in [0.15, 0.2) is 29.3 Å². The first kappa shape index (κ1) is 19.3. The van der Waals surface area contributed by atoms with Crippen molar-refractivity contribution in [3.05, 3.63) is 35.4 Å². The molecule has 1 amide bonds. The third kappa shape index (κ3) is 6.07. The lowest BCUT2D eigenvalue weighted by atomic mass is 9.87. The molecule has 1 fully saturated rings. The number of hydrogen-bond acceptors (Lipinski definition) is 2. The predicted octanol–water partition coefficient (Wildman–Crippen LogP) is 2.66. The van der Waals surface area contributed by atoms with E-state index in [1.54, 1.807) is 0 Å². The number of carbonyl (C=O) groups is 1.